The van der Waals surface area contributed by atoms with Crippen molar-refractivity contribution in [1.29, 1.82) is 0 Å². The van der Waals surface area contributed by atoms with Gasteiger partial charge < -0.3 is 5.84 Å². The summed E-state index contributed by atoms with van der Waals surface area (Å²) in [4.78, 5) is 7.16. The number of nitrogens with two attached hydrogens (primary N) is 1. The average molecular weight is 326 g/mol. The van der Waals surface area contributed by atoms with Crippen LogP contribution in [0.15, 0.2) is 34.4 Å². The Kier molecular flexibility index (Phi) is 3.39. The van der Waals surface area contributed by atoms with E-state index in [1.54, 1.807) is 25.1 Å². The van der Waals surface area contributed by atoms with Gasteiger partial charge in [0, 0.05) is 5.39 Å². The Bertz CT molecular complexity index is 844. The normalized spacial score (nSPS) is 12.0. The molecule has 3 rings (SSSR count). The molecule has 0 bridgehead atoms. The molecule has 0 saturated carbocycles. The standard InChI is InChI=1S/C12H9F3N6S/c1-6-19-20-11(21(6)16)22-9-7-4-2-3-5-8(7)17-10(18-9)12(13,14)15/h2-5H,16H2,1H3. The Morgan fingerprint density at radius 2 is 1.86 bits per heavy atom. The fourth-order valence-corrected chi connectivity index (χ4v) is 2.66. The van der Waals surface area contributed by atoms with Crippen LogP contribution in [0.25, 0.3) is 10.9 Å². The third kappa shape index (κ3) is 2.56. The van der Waals surface area contributed by atoms with Gasteiger partial charge in [-0.3, -0.25) is 0 Å². The summed E-state index contributed by atoms with van der Waals surface area (Å²) in [6, 6.07) is 6.44. The van der Waals surface area contributed by atoms with Crippen molar-refractivity contribution >= 4 is 22.7 Å². The van der Waals surface area contributed by atoms with E-state index < -0.39 is 12.0 Å². The molecule has 0 aliphatic rings. The summed E-state index contributed by atoms with van der Waals surface area (Å²) in [5, 5.41) is 8.44. The van der Waals surface area contributed by atoms with Crippen LogP contribution in [0, 0.1) is 6.92 Å². The Hall–Kier alpha value is -2.36. The summed E-state index contributed by atoms with van der Waals surface area (Å²) in [6.45, 7) is 1.64. The van der Waals surface area contributed by atoms with Crippen molar-refractivity contribution in [1.82, 2.24) is 24.8 Å². The maximum atomic E-state index is 12.9. The highest BCUT2D eigenvalue weighted by Gasteiger charge is 2.35. The molecule has 3 aromatic rings. The topological polar surface area (TPSA) is 82.5 Å². The number of aryl methyl sites for hydroxylation is 1. The molecule has 10 heteroatoms. The number of rotatable bonds is 2. The van der Waals surface area contributed by atoms with Gasteiger partial charge in [-0.25, -0.2) is 14.6 Å². The number of benzene rings is 1. The molecule has 0 spiro atoms. The van der Waals surface area contributed by atoms with Gasteiger partial charge >= 0.3 is 6.18 Å². The van der Waals surface area contributed by atoms with Crippen molar-refractivity contribution in [2.24, 2.45) is 0 Å². The zero-order chi connectivity index (χ0) is 15.9. The van der Waals surface area contributed by atoms with E-state index in [0.29, 0.717) is 11.2 Å². The summed E-state index contributed by atoms with van der Waals surface area (Å²) < 4.78 is 40.0. The number of halogens is 3. The summed E-state index contributed by atoms with van der Waals surface area (Å²) in [5.74, 6) is 4.96. The van der Waals surface area contributed by atoms with Crippen molar-refractivity contribution in [3.05, 3.63) is 35.9 Å². The molecule has 22 heavy (non-hydrogen) atoms. The minimum absolute atomic E-state index is 0.122. The molecule has 2 heterocycles. The molecule has 0 atom stereocenters. The third-order valence-electron chi connectivity index (χ3n) is 2.84. The van der Waals surface area contributed by atoms with E-state index >= 15 is 0 Å². The zero-order valence-corrected chi connectivity index (χ0v) is 12.0. The van der Waals surface area contributed by atoms with Crippen LogP contribution >= 0.6 is 11.8 Å². The number of fused-ring (bicyclic) bond motifs is 1. The highest BCUT2D eigenvalue weighted by Crippen LogP contribution is 2.34. The molecule has 0 fully saturated rings. The number of nitrogens with zero attached hydrogens (tertiary/aromatic N) is 5. The lowest BCUT2D eigenvalue weighted by Gasteiger charge is -2.09. The SMILES string of the molecule is Cc1nnc(Sc2nc(C(F)(F)F)nc3ccccc23)n1N. The molecule has 6 nitrogen and oxygen atoms in total. The van der Waals surface area contributed by atoms with Crippen LogP contribution in [0.4, 0.5) is 13.2 Å². The minimum atomic E-state index is -4.63. The lowest BCUT2D eigenvalue weighted by atomic mass is 10.2. The van der Waals surface area contributed by atoms with Crippen LogP contribution in [0.1, 0.15) is 11.6 Å². The van der Waals surface area contributed by atoms with Gasteiger partial charge in [0.05, 0.1) is 5.52 Å². The summed E-state index contributed by atoms with van der Waals surface area (Å²) in [7, 11) is 0. The van der Waals surface area contributed by atoms with Crippen molar-refractivity contribution in [3.63, 3.8) is 0 Å². The number of alkyl halides is 3. The van der Waals surface area contributed by atoms with Crippen LogP contribution in [0.5, 0.6) is 0 Å². The van der Waals surface area contributed by atoms with E-state index in [4.69, 9.17) is 5.84 Å². The molecule has 0 aliphatic heterocycles. The minimum Gasteiger partial charge on any atom is -0.336 e. The number of hydrogen-bond acceptors (Lipinski definition) is 6. The van der Waals surface area contributed by atoms with Crippen LogP contribution in [-0.2, 0) is 6.18 Å². The van der Waals surface area contributed by atoms with E-state index in [1.807, 2.05) is 0 Å². The monoisotopic (exact) mass is 326 g/mol. The second-order valence-electron chi connectivity index (χ2n) is 4.37. The predicted molar refractivity (Wildman–Crippen MR) is 73.6 cm³/mol. The number of hydrogen-bond donors (Lipinski definition) is 1. The molecule has 1 aromatic carbocycles. The van der Waals surface area contributed by atoms with Gasteiger partial charge in [-0.1, -0.05) is 18.2 Å². The summed E-state index contributed by atoms with van der Waals surface area (Å²) in [5.41, 5.74) is 0.201. The zero-order valence-electron chi connectivity index (χ0n) is 11.2. The lowest BCUT2D eigenvalue weighted by molar-refractivity contribution is -0.145. The van der Waals surface area contributed by atoms with Crippen LogP contribution in [-0.4, -0.2) is 24.8 Å². The Labute approximate surface area is 126 Å². The van der Waals surface area contributed by atoms with Gasteiger partial charge in [0.25, 0.3) is 0 Å². The number of nitrogen functional groups attached to an aromatic ring is 1. The van der Waals surface area contributed by atoms with Crippen LogP contribution in [0.2, 0.25) is 0 Å². The first-order valence-corrected chi connectivity index (χ1v) is 6.87. The fourth-order valence-electron chi connectivity index (χ4n) is 1.76. The molecular formula is C12H9F3N6S. The predicted octanol–water partition coefficient (Wildman–Crippen LogP) is 2.41. The Morgan fingerprint density at radius 3 is 2.50 bits per heavy atom. The maximum absolute atomic E-state index is 12.9. The lowest BCUT2D eigenvalue weighted by Crippen LogP contribution is -2.13. The van der Waals surface area contributed by atoms with Crippen molar-refractivity contribution in [3.8, 4) is 0 Å². The molecule has 0 aliphatic carbocycles. The second-order valence-corrected chi connectivity index (χ2v) is 5.33. The van der Waals surface area contributed by atoms with E-state index in [-0.39, 0.29) is 15.7 Å². The highest BCUT2D eigenvalue weighted by molar-refractivity contribution is 7.99. The van der Waals surface area contributed by atoms with Crippen LogP contribution < -0.4 is 5.84 Å². The number of para-hydroxylation sites is 1. The average Bonchev–Trinajstić information content (AvgIpc) is 2.78. The van der Waals surface area contributed by atoms with Gasteiger partial charge in [-0.2, -0.15) is 13.2 Å². The molecule has 0 unspecified atom stereocenters. The quantitative estimate of drug-likeness (QED) is 0.575. The van der Waals surface area contributed by atoms with Gasteiger partial charge in [0.2, 0.25) is 11.0 Å². The Balaban J connectivity index is 2.16. The van der Waals surface area contributed by atoms with E-state index in [2.05, 4.69) is 20.2 Å². The largest absolute Gasteiger partial charge is 0.451 e. The molecule has 0 radical (unpaired) electrons. The van der Waals surface area contributed by atoms with Crippen molar-refractivity contribution < 1.29 is 13.2 Å². The molecular weight excluding hydrogens is 317 g/mol. The summed E-state index contributed by atoms with van der Waals surface area (Å²) in [6.07, 6.45) is -4.63. The van der Waals surface area contributed by atoms with Gasteiger partial charge in [-0.05, 0) is 24.8 Å². The van der Waals surface area contributed by atoms with Gasteiger partial charge in [-0.15, -0.1) is 10.2 Å². The van der Waals surface area contributed by atoms with Gasteiger partial charge in [0.1, 0.15) is 10.9 Å². The van der Waals surface area contributed by atoms with E-state index in [0.717, 1.165) is 11.8 Å². The smallest absolute Gasteiger partial charge is 0.336 e. The first-order chi connectivity index (χ1) is 10.4. The molecule has 0 amide bonds. The first kappa shape index (κ1) is 14.6. The van der Waals surface area contributed by atoms with Crippen molar-refractivity contribution in [2.45, 2.75) is 23.3 Å². The highest BCUT2D eigenvalue weighted by atomic mass is 32.2. The van der Waals surface area contributed by atoms with Crippen LogP contribution in [0.3, 0.4) is 0 Å². The Morgan fingerprint density at radius 1 is 1.14 bits per heavy atom. The van der Waals surface area contributed by atoms with Gasteiger partial charge in [0.15, 0.2) is 0 Å². The summed E-state index contributed by atoms with van der Waals surface area (Å²) >= 11 is 0.908. The first-order valence-electron chi connectivity index (χ1n) is 6.05. The second kappa shape index (κ2) is 5.13. The molecule has 0 saturated heterocycles. The third-order valence-corrected chi connectivity index (χ3v) is 3.81. The van der Waals surface area contributed by atoms with E-state index in [1.165, 1.54) is 10.7 Å². The molecule has 2 aromatic heterocycles. The molecule has 2 N–H and O–H groups in total. The van der Waals surface area contributed by atoms with Crippen molar-refractivity contribution in [2.75, 3.05) is 5.84 Å². The maximum Gasteiger partial charge on any atom is 0.451 e. The molecule has 114 valence electrons. The fraction of sp³-hybridized carbons (Fsp3) is 0.167. The number of aromatic nitrogens is 5. The van der Waals surface area contributed by atoms with E-state index in [9.17, 15) is 13.2 Å².